The van der Waals surface area contributed by atoms with E-state index in [0.717, 1.165) is 27.2 Å². The van der Waals surface area contributed by atoms with Gasteiger partial charge in [-0.25, -0.2) is 8.42 Å². The maximum Gasteiger partial charge on any atom is 0.264 e. The quantitative estimate of drug-likeness (QED) is 0.242. The zero-order chi connectivity index (χ0) is 29.1. The highest BCUT2D eigenvalue weighted by molar-refractivity contribution is 9.10. The van der Waals surface area contributed by atoms with Crippen LogP contribution in [0.2, 0.25) is 0 Å². The number of sulfonamides is 1. The van der Waals surface area contributed by atoms with Gasteiger partial charge in [0.15, 0.2) is 0 Å². The van der Waals surface area contributed by atoms with Crippen LogP contribution < -0.4 is 14.4 Å². The fourth-order valence-corrected chi connectivity index (χ4v) is 5.73. The van der Waals surface area contributed by atoms with Crippen molar-refractivity contribution in [1.29, 1.82) is 0 Å². The van der Waals surface area contributed by atoms with Crippen molar-refractivity contribution in [3.8, 4) is 5.75 Å². The molecule has 3 rings (SSSR count). The van der Waals surface area contributed by atoms with Crippen LogP contribution in [0.3, 0.4) is 0 Å². The van der Waals surface area contributed by atoms with Crippen molar-refractivity contribution in [2.75, 3.05) is 24.0 Å². The summed E-state index contributed by atoms with van der Waals surface area (Å²) >= 11 is 3.42. The first-order chi connectivity index (χ1) is 19.2. The van der Waals surface area contributed by atoms with E-state index in [4.69, 9.17) is 4.74 Å². The zero-order valence-electron chi connectivity index (χ0n) is 23.0. The molecule has 214 valence electrons. The summed E-state index contributed by atoms with van der Waals surface area (Å²) in [7, 11) is -4.11. The number of amides is 2. The molecular weight excluding hydrogens is 594 g/mol. The van der Waals surface area contributed by atoms with Crippen LogP contribution in [0.15, 0.2) is 88.2 Å². The van der Waals surface area contributed by atoms with Crippen molar-refractivity contribution in [3.05, 3.63) is 88.9 Å². The molecule has 0 bridgehead atoms. The van der Waals surface area contributed by atoms with E-state index in [0.29, 0.717) is 24.6 Å². The van der Waals surface area contributed by atoms with E-state index >= 15 is 0 Å². The zero-order valence-corrected chi connectivity index (χ0v) is 25.4. The molecule has 0 aromatic heterocycles. The first-order valence-electron chi connectivity index (χ1n) is 13.3. The lowest BCUT2D eigenvalue weighted by molar-refractivity contribution is -0.139. The maximum absolute atomic E-state index is 13.9. The second-order valence-electron chi connectivity index (χ2n) is 9.22. The van der Waals surface area contributed by atoms with Gasteiger partial charge < -0.3 is 15.0 Å². The normalized spacial score (nSPS) is 11.9. The van der Waals surface area contributed by atoms with Crippen LogP contribution in [0.1, 0.15) is 39.2 Å². The Hall–Kier alpha value is -3.37. The van der Waals surface area contributed by atoms with Crippen molar-refractivity contribution < 1.29 is 22.7 Å². The molecule has 0 aliphatic rings. The van der Waals surface area contributed by atoms with E-state index in [9.17, 15) is 18.0 Å². The Labute approximate surface area is 245 Å². The van der Waals surface area contributed by atoms with Gasteiger partial charge in [-0.2, -0.15) is 0 Å². The average molecular weight is 631 g/mol. The van der Waals surface area contributed by atoms with E-state index in [1.54, 1.807) is 49.4 Å². The number of halogens is 1. The van der Waals surface area contributed by atoms with Gasteiger partial charge in [0.2, 0.25) is 11.8 Å². The Morgan fingerprint density at radius 3 is 2.20 bits per heavy atom. The van der Waals surface area contributed by atoms with Gasteiger partial charge in [0.05, 0.1) is 17.2 Å². The second kappa shape index (κ2) is 14.9. The molecule has 3 aromatic rings. The molecular formula is C30H36BrN3O5S. The lowest BCUT2D eigenvalue weighted by Gasteiger charge is -2.32. The Morgan fingerprint density at radius 2 is 1.60 bits per heavy atom. The molecule has 0 heterocycles. The molecule has 0 fully saturated rings. The first-order valence-corrected chi connectivity index (χ1v) is 15.5. The molecule has 0 aliphatic heterocycles. The summed E-state index contributed by atoms with van der Waals surface area (Å²) in [5, 5.41) is 2.89. The number of carbonyl (C=O) groups excluding carboxylic acids is 2. The topological polar surface area (TPSA) is 96.0 Å². The summed E-state index contributed by atoms with van der Waals surface area (Å²) in [6.07, 6.45) is 1.74. The molecule has 2 amide bonds. The summed E-state index contributed by atoms with van der Waals surface area (Å²) in [5.41, 5.74) is 1.12. The van der Waals surface area contributed by atoms with Crippen LogP contribution in [0.4, 0.5) is 5.69 Å². The lowest BCUT2D eigenvalue weighted by atomic mass is 10.1. The summed E-state index contributed by atoms with van der Waals surface area (Å²) in [5.74, 6) is -0.212. The Bertz CT molecular complexity index is 1350. The fourth-order valence-electron chi connectivity index (χ4n) is 4.03. The molecule has 0 aliphatic carbocycles. The Balaban J connectivity index is 1.98. The predicted molar refractivity (Wildman–Crippen MR) is 161 cm³/mol. The number of unbranched alkanes of at least 4 members (excludes halogenated alkanes) is 1. The minimum absolute atomic E-state index is 0.0569. The van der Waals surface area contributed by atoms with Crippen molar-refractivity contribution in [3.63, 3.8) is 0 Å². The highest BCUT2D eigenvalue weighted by Gasteiger charge is 2.32. The number of anilines is 1. The van der Waals surface area contributed by atoms with Gasteiger partial charge in [0, 0.05) is 17.6 Å². The number of rotatable bonds is 14. The molecule has 8 nitrogen and oxygen atoms in total. The number of hydrogen-bond donors (Lipinski definition) is 1. The highest BCUT2D eigenvalue weighted by Crippen LogP contribution is 2.26. The largest absolute Gasteiger partial charge is 0.494 e. The summed E-state index contributed by atoms with van der Waals surface area (Å²) < 4.78 is 35.1. The lowest BCUT2D eigenvalue weighted by Crippen LogP contribution is -2.51. The monoisotopic (exact) mass is 629 g/mol. The highest BCUT2D eigenvalue weighted by atomic mass is 79.9. The summed E-state index contributed by atoms with van der Waals surface area (Å²) in [4.78, 5) is 28.4. The van der Waals surface area contributed by atoms with Crippen LogP contribution in [-0.2, 0) is 26.2 Å². The van der Waals surface area contributed by atoms with Crippen LogP contribution in [0.25, 0.3) is 0 Å². The van der Waals surface area contributed by atoms with Gasteiger partial charge in [0.1, 0.15) is 18.3 Å². The van der Waals surface area contributed by atoms with Crippen molar-refractivity contribution in [1.82, 2.24) is 10.2 Å². The minimum atomic E-state index is -4.11. The van der Waals surface area contributed by atoms with Crippen LogP contribution in [0, 0.1) is 0 Å². The van der Waals surface area contributed by atoms with Crippen LogP contribution in [-0.4, -0.2) is 50.9 Å². The van der Waals surface area contributed by atoms with Crippen molar-refractivity contribution in [2.45, 2.75) is 51.1 Å². The molecule has 0 saturated carbocycles. The third kappa shape index (κ3) is 8.32. The predicted octanol–water partition coefficient (Wildman–Crippen LogP) is 5.38. The van der Waals surface area contributed by atoms with Crippen molar-refractivity contribution in [2.24, 2.45) is 0 Å². The van der Waals surface area contributed by atoms with Gasteiger partial charge >= 0.3 is 0 Å². The number of ether oxygens (including phenoxy) is 1. The Kier molecular flexibility index (Phi) is 11.6. The van der Waals surface area contributed by atoms with E-state index < -0.39 is 28.5 Å². The van der Waals surface area contributed by atoms with Gasteiger partial charge in [0.25, 0.3) is 10.0 Å². The summed E-state index contributed by atoms with van der Waals surface area (Å²) in [6.45, 7) is 6.16. The van der Waals surface area contributed by atoms with Gasteiger partial charge in [-0.1, -0.05) is 59.6 Å². The number of benzene rings is 3. The molecule has 1 unspecified atom stereocenters. The van der Waals surface area contributed by atoms with Crippen LogP contribution >= 0.6 is 15.9 Å². The van der Waals surface area contributed by atoms with Crippen LogP contribution in [0.5, 0.6) is 5.75 Å². The maximum atomic E-state index is 13.9. The SMILES string of the molecule is CCCCNC(=O)C(C)N(Cc1ccc(Br)cc1)C(=O)CN(c1ccc(OCC)cc1)S(=O)(=O)c1ccccc1. The molecule has 0 radical (unpaired) electrons. The first kappa shape index (κ1) is 31.2. The third-order valence-electron chi connectivity index (χ3n) is 6.31. The molecule has 0 spiro atoms. The fraction of sp³-hybridized carbons (Fsp3) is 0.333. The van der Waals surface area contributed by atoms with E-state index in [1.165, 1.54) is 17.0 Å². The number of nitrogens with zero attached hydrogens (tertiary/aromatic N) is 2. The second-order valence-corrected chi connectivity index (χ2v) is 12.0. The Morgan fingerprint density at radius 1 is 0.950 bits per heavy atom. The average Bonchev–Trinajstić information content (AvgIpc) is 2.96. The standard InChI is InChI=1S/C30H36BrN3O5S/c1-4-6-20-32-30(36)23(3)33(21-24-12-14-25(31)15-13-24)29(35)22-34(26-16-18-27(19-17-26)39-5-2)40(37,38)28-10-8-7-9-11-28/h7-19,23H,4-6,20-22H2,1-3H3,(H,32,36). The van der Waals surface area contributed by atoms with E-state index in [2.05, 4.69) is 21.2 Å². The van der Waals surface area contributed by atoms with E-state index in [1.807, 2.05) is 38.1 Å². The molecule has 1 N–H and O–H groups in total. The number of carbonyl (C=O) groups is 2. The molecule has 10 heteroatoms. The van der Waals surface area contributed by atoms with Gasteiger partial charge in [-0.05, 0) is 74.4 Å². The molecule has 40 heavy (non-hydrogen) atoms. The van der Waals surface area contributed by atoms with Gasteiger partial charge in [-0.3, -0.25) is 13.9 Å². The minimum Gasteiger partial charge on any atom is -0.494 e. The number of nitrogens with one attached hydrogen (secondary N) is 1. The van der Waals surface area contributed by atoms with E-state index in [-0.39, 0.29) is 17.3 Å². The molecule has 0 saturated heterocycles. The summed E-state index contributed by atoms with van der Waals surface area (Å²) in [6, 6.07) is 21.1. The van der Waals surface area contributed by atoms with Crippen molar-refractivity contribution >= 4 is 43.5 Å². The third-order valence-corrected chi connectivity index (χ3v) is 8.63. The molecule has 3 aromatic carbocycles. The smallest absolute Gasteiger partial charge is 0.264 e. The number of hydrogen-bond acceptors (Lipinski definition) is 5. The van der Waals surface area contributed by atoms with Gasteiger partial charge in [-0.15, -0.1) is 0 Å². The molecule has 1 atom stereocenters.